The number of carbonyl (C=O) groups is 1. The van der Waals surface area contributed by atoms with E-state index < -0.39 is 0 Å². The average molecular weight is 297 g/mol. The Labute approximate surface area is 120 Å². The van der Waals surface area contributed by atoms with Crippen LogP contribution in [0.2, 0.25) is 5.02 Å². The summed E-state index contributed by atoms with van der Waals surface area (Å²) in [6.45, 7) is 2.17. The third kappa shape index (κ3) is 4.22. The van der Waals surface area contributed by atoms with E-state index in [-0.39, 0.29) is 12.4 Å². The van der Waals surface area contributed by atoms with Crippen LogP contribution >= 0.6 is 22.9 Å². The number of halogens is 1. The fraction of sp³-hybridized carbons (Fsp3) is 0.231. The lowest BCUT2D eigenvalue weighted by molar-refractivity contribution is -0.142. The average Bonchev–Trinajstić information content (AvgIpc) is 2.76. The summed E-state index contributed by atoms with van der Waals surface area (Å²) < 4.78 is 4.88. The van der Waals surface area contributed by atoms with Crippen LogP contribution in [0.3, 0.4) is 0 Å². The van der Waals surface area contributed by atoms with Gasteiger partial charge >= 0.3 is 5.97 Å². The second-order valence-electron chi connectivity index (χ2n) is 3.76. The highest BCUT2D eigenvalue weighted by atomic mass is 35.5. The summed E-state index contributed by atoms with van der Waals surface area (Å²) in [5.41, 5.74) is 1.57. The minimum Gasteiger partial charge on any atom is -0.466 e. The van der Waals surface area contributed by atoms with Crippen LogP contribution in [0.5, 0.6) is 0 Å². The molecular weight excluding hydrogens is 284 g/mol. The number of nitrogens with one attached hydrogen (secondary N) is 1. The van der Waals surface area contributed by atoms with E-state index >= 15 is 0 Å². The van der Waals surface area contributed by atoms with Crippen LogP contribution < -0.4 is 5.32 Å². The predicted octanol–water partition coefficient (Wildman–Crippen LogP) is 3.65. The second kappa shape index (κ2) is 6.54. The molecular formula is C13H13ClN2O2S. The molecule has 1 N–H and O–H groups in total. The Morgan fingerprint density at radius 1 is 1.53 bits per heavy atom. The minimum atomic E-state index is -0.262. The number of carbonyl (C=O) groups excluding carboxylic acids is 1. The number of benzene rings is 1. The fourth-order valence-corrected chi connectivity index (χ4v) is 2.42. The number of rotatable bonds is 5. The molecule has 4 nitrogen and oxygen atoms in total. The van der Waals surface area contributed by atoms with E-state index in [1.807, 2.05) is 23.6 Å². The molecule has 0 aliphatic rings. The van der Waals surface area contributed by atoms with Gasteiger partial charge in [0.05, 0.1) is 18.7 Å². The maximum absolute atomic E-state index is 11.3. The highest BCUT2D eigenvalue weighted by molar-refractivity contribution is 7.13. The Morgan fingerprint density at radius 3 is 3.11 bits per heavy atom. The van der Waals surface area contributed by atoms with Gasteiger partial charge in [0.25, 0.3) is 0 Å². The molecule has 0 bridgehead atoms. The topological polar surface area (TPSA) is 51.2 Å². The number of nitrogens with zero attached hydrogens (tertiary/aromatic N) is 1. The molecule has 0 aliphatic heterocycles. The summed E-state index contributed by atoms with van der Waals surface area (Å²) >= 11 is 7.34. The molecule has 1 aromatic heterocycles. The van der Waals surface area contributed by atoms with Gasteiger partial charge in [-0.3, -0.25) is 4.79 Å². The van der Waals surface area contributed by atoms with E-state index in [9.17, 15) is 4.79 Å². The predicted molar refractivity (Wildman–Crippen MR) is 77.2 cm³/mol. The minimum absolute atomic E-state index is 0.196. The van der Waals surface area contributed by atoms with E-state index in [1.54, 1.807) is 13.0 Å². The summed E-state index contributed by atoms with van der Waals surface area (Å²) in [7, 11) is 0. The molecule has 0 unspecified atom stereocenters. The van der Waals surface area contributed by atoms with Gasteiger partial charge in [-0.25, -0.2) is 4.98 Å². The first-order valence-corrected chi connectivity index (χ1v) is 7.05. The molecule has 6 heteroatoms. The Bertz CT molecular complexity index is 571. The van der Waals surface area contributed by atoms with E-state index in [1.165, 1.54) is 11.3 Å². The molecule has 19 heavy (non-hydrogen) atoms. The van der Waals surface area contributed by atoms with Crippen molar-refractivity contribution in [2.75, 3.05) is 11.9 Å². The third-order valence-electron chi connectivity index (χ3n) is 2.26. The van der Waals surface area contributed by atoms with Gasteiger partial charge in [0.2, 0.25) is 0 Å². The highest BCUT2D eigenvalue weighted by Gasteiger charge is 2.08. The van der Waals surface area contributed by atoms with Gasteiger partial charge in [0.1, 0.15) is 0 Å². The smallest absolute Gasteiger partial charge is 0.311 e. The van der Waals surface area contributed by atoms with Crippen molar-refractivity contribution >= 4 is 39.7 Å². The zero-order chi connectivity index (χ0) is 13.7. The molecule has 1 heterocycles. The fourth-order valence-electron chi connectivity index (χ4n) is 1.50. The van der Waals surface area contributed by atoms with Crippen molar-refractivity contribution in [1.29, 1.82) is 0 Å². The SMILES string of the molecule is CCOC(=O)Cc1csc(Nc2cccc(Cl)c2)n1. The maximum atomic E-state index is 11.3. The zero-order valence-corrected chi connectivity index (χ0v) is 11.9. The van der Waals surface area contributed by atoms with Gasteiger partial charge in [-0.15, -0.1) is 11.3 Å². The van der Waals surface area contributed by atoms with Crippen LogP contribution in [0.1, 0.15) is 12.6 Å². The van der Waals surface area contributed by atoms with Gasteiger partial charge < -0.3 is 10.1 Å². The Morgan fingerprint density at radius 2 is 2.37 bits per heavy atom. The standard InChI is InChI=1S/C13H13ClN2O2S/c1-2-18-12(17)7-11-8-19-13(16-11)15-10-5-3-4-9(14)6-10/h3-6,8H,2,7H2,1H3,(H,15,16). The largest absolute Gasteiger partial charge is 0.466 e. The van der Waals surface area contributed by atoms with E-state index in [0.717, 1.165) is 10.8 Å². The maximum Gasteiger partial charge on any atom is 0.311 e. The zero-order valence-electron chi connectivity index (χ0n) is 10.4. The first-order valence-electron chi connectivity index (χ1n) is 5.80. The Kier molecular flexibility index (Phi) is 4.76. The molecule has 0 radical (unpaired) electrons. The van der Waals surface area contributed by atoms with Crippen LogP contribution in [0.15, 0.2) is 29.6 Å². The van der Waals surface area contributed by atoms with E-state index in [2.05, 4.69) is 10.3 Å². The highest BCUT2D eigenvalue weighted by Crippen LogP contribution is 2.23. The van der Waals surface area contributed by atoms with Crippen LogP contribution in [0.4, 0.5) is 10.8 Å². The molecule has 0 atom stereocenters. The van der Waals surface area contributed by atoms with E-state index in [4.69, 9.17) is 16.3 Å². The lowest BCUT2D eigenvalue weighted by atomic mass is 10.3. The van der Waals surface area contributed by atoms with Crippen LogP contribution in [-0.2, 0) is 16.0 Å². The molecule has 2 rings (SSSR count). The molecule has 1 aromatic carbocycles. The van der Waals surface area contributed by atoms with Crippen molar-refractivity contribution < 1.29 is 9.53 Å². The van der Waals surface area contributed by atoms with Crippen molar-refractivity contribution in [3.63, 3.8) is 0 Å². The molecule has 0 amide bonds. The van der Waals surface area contributed by atoms with Gasteiger partial charge in [-0.1, -0.05) is 17.7 Å². The summed E-state index contributed by atoms with van der Waals surface area (Å²) in [5, 5.41) is 6.36. The number of anilines is 2. The van der Waals surface area contributed by atoms with Crippen molar-refractivity contribution in [1.82, 2.24) is 4.98 Å². The lowest BCUT2D eigenvalue weighted by Crippen LogP contribution is -2.07. The summed E-state index contributed by atoms with van der Waals surface area (Å²) in [5.74, 6) is -0.262. The summed E-state index contributed by atoms with van der Waals surface area (Å²) in [4.78, 5) is 15.7. The van der Waals surface area contributed by atoms with E-state index in [0.29, 0.717) is 17.3 Å². The normalized spacial score (nSPS) is 10.2. The van der Waals surface area contributed by atoms with Crippen LogP contribution in [-0.4, -0.2) is 17.6 Å². The number of hydrogen-bond donors (Lipinski definition) is 1. The van der Waals surface area contributed by atoms with Crippen molar-refractivity contribution in [2.45, 2.75) is 13.3 Å². The van der Waals surface area contributed by atoms with Gasteiger partial charge in [-0.05, 0) is 25.1 Å². The van der Waals surface area contributed by atoms with Crippen molar-refractivity contribution in [2.24, 2.45) is 0 Å². The van der Waals surface area contributed by atoms with Gasteiger partial charge in [0.15, 0.2) is 5.13 Å². The number of esters is 1. The van der Waals surface area contributed by atoms with Crippen molar-refractivity contribution in [3.8, 4) is 0 Å². The summed E-state index contributed by atoms with van der Waals surface area (Å²) in [6.07, 6.45) is 0.196. The number of thiazole rings is 1. The van der Waals surface area contributed by atoms with Gasteiger partial charge in [0, 0.05) is 16.1 Å². The number of hydrogen-bond acceptors (Lipinski definition) is 5. The molecule has 100 valence electrons. The van der Waals surface area contributed by atoms with Crippen LogP contribution in [0, 0.1) is 0 Å². The van der Waals surface area contributed by atoms with Gasteiger partial charge in [-0.2, -0.15) is 0 Å². The first-order chi connectivity index (χ1) is 9.17. The monoisotopic (exact) mass is 296 g/mol. The van der Waals surface area contributed by atoms with Crippen LogP contribution in [0.25, 0.3) is 0 Å². The lowest BCUT2D eigenvalue weighted by Gasteiger charge is -2.02. The molecule has 0 fully saturated rings. The quantitative estimate of drug-likeness (QED) is 0.856. The second-order valence-corrected chi connectivity index (χ2v) is 5.06. The number of ether oxygens (including phenoxy) is 1. The Hall–Kier alpha value is -1.59. The van der Waals surface area contributed by atoms with Crippen molar-refractivity contribution in [3.05, 3.63) is 40.4 Å². The molecule has 0 spiro atoms. The molecule has 2 aromatic rings. The Balaban J connectivity index is 1.99. The molecule has 0 saturated heterocycles. The third-order valence-corrected chi connectivity index (χ3v) is 3.30. The number of aromatic nitrogens is 1. The first kappa shape index (κ1) is 13.8. The molecule has 0 saturated carbocycles. The molecule has 0 aliphatic carbocycles. The summed E-state index contributed by atoms with van der Waals surface area (Å²) in [6, 6.07) is 7.38.